The maximum Gasteiger partial charge on any atom is 0.347 e. The lowest BCUT2D eigenvalue weighted by atomic mass is 10.2. The van der Waals surface area contributed by atoms with Gasteiger partial charge in [-0.15, -0.1) is 0 Å². The van der Waals surface area contributed by atoms with E-state index in [0.29, 0.717) is 41.5 Å². The van der Waals surface area contributed by atoms with Crippen LogP contribution in [-0.4, -0.2) is 57.3 Å². The van der Waals surface area contributed by atoms with Crippen LogP contribution in [0.3, 0.4) is 0 Å². The molecule has 0 aliphatic carbocycles. The number of aromatic nitrogens is 4. The third kappa shape index (κ3) is 5.48. The highest BCUT2D eigenvalue weighted by molar-refractivity contribution is 7.17. The van der Waals surface area contributed by atoms with Crippen molar-refractivity contribution in [2.24, 2.45) is 0 Å². The minimum atomic E-state index is -1.00. The molecule has 0 spiro atoms. The topological polar surface area (TPSA) is 125 Å². The number of anilines is 4. The molecule has 0 aromatic carbocycles. The first kappa shape index (κ1) is 21.9. The van der Waals surface area contributed by atoms with Crippen LogP contribution in [0.2, 0.25) is 0 Å². The van der Waals surface area contributed by atoms with E-state index in [0.717, 1.165) is 36.3 Å². The van der Waals surface area contributed by atoms with Gasteiger partial charge in [0.2, 0.25) is 5.95 Å². The van der Waals surface area contributed by atoms with Gasteiger partial charge in [0.05, 0.1) is 11.8 Å². The normalized spacial score (nSPS) is 15.5. The summed E-state index contributed by atoms with van der Waals surface area (Å²) >= 11 is 1.05. The summed E-state index contributed by atoms with van der Waals surface area (Å²) in [6.45, 7) is 3.73. The van der Waals surface area contributed by atoms with Crippen molar-refractivity contribution in [3.63, 3.8) is 0 Å². The van der Waals surface area contributed by atoms with Crippen molar-refractivity contribution in [2.45, 2.75) is 32.4 Å². The summed E-state index contributed by atoms with van der Waals surface area (Å²) < 4.78 is 5.69. The summed E-state index contributed by atoms with van der Waals surface area (Å²) in [6, 6.07) is 5.79. The Balaban J connectivity index is 1.57. The number of hydrogen-bond donors (Lipinski definition) is 3. The Morgan fingerprint density at radius 3 is 2.94 bits per heavy atom. The predicted octanol–water partition coefficient (Wildman–Crippen LogP) is 3.31. The molecular formula is C21H25N7O3S. The molecule has 10 nitrogen and oxygen atoms in total. The van der Waals surface area contributed by atoms with Crippen LogP contribution in [0.4, 0.5) is 22.7 Å². The van der Waals surface area contributed by atoms with E-state index >= 15 is 0 Å². The third-order valence-electron chi connectivity index (χ3n) is 4.99. The van der Waals surface area contributed by atoms with Gasteiger partial charge in [0.1, 0.15) is 16.5 Å². The maximum absolute atomic E-state index is 11.3. The molecule has 32 heavy (non-hydrogen) atoms. The fraction of sp³-hybridized carbons (Fsp3) is 0.381. The highest BCUT2D eigenvalue weighted by Gasteiger charge is 2.18. The highest BCUT2D eigenvalue weighted by atomic mass is 32.1. The summed E-state index contributed by atoms with van der Waals surface area (Å²) in [5.41, 5.74) is 1.50. The Bertz CT molecular complexity index is 1070. The molecule has 4 heterocycles. The van der Waals surface area contributed by atoms with Crippen LogP contribution >= 0.6 is 11.3 Å². The summed E-state index contributed by atoms with van der Waals surface area (Å²) in [5.74, 6) is 0.685. The van der Waals surface area contributed by atoms with Gasteiger partial charge in [-0.1, -0.05) is 17.4 Å². The zero-order valence-electron chi connectivity index (χ0n) is 17.9. The van der Waals surface area contributed by atoms with Crippen molar-refractivity contribution in [3.05, 3.63) is 46.7 Å². The van der Waals surface area contributed by atoms with Gasteiger partial charge in [-0.05, 0) is 31.4 Å². The quantitative estimate of drug-likeness (QED) is 0.442. The number of pyridine rings is 1. The Morgan fingerprint density at radius 2 is 2.25 bits per heavy atom. The molecule has 3 aromatic rings. The molecule has 1 aliphatic rings. The minimum absolute atomic E-state index is 0.165. The minimum Gasteiger partial charge on any atom is -0.477 e. The summed E-state index contributed by atoms with van der Waals surface area (Å²) in [5, 5.41) is 16.1. The number of nitrogens with zero attached hydrogens (tertiary/aromatic N) is 5. The number of ether oxygens (including phenoxy) is 1. The van der Waals surface area contributed by atoms with Gasteiger partial charge in [0.15, 0.2) is 5.13 Å². The van der Waals surface area contributed by atoms with Gasteiger partial charge in [0.25, 0.3) is 0 Å². The fourth-order valence-corrected chi connectivity index (χ4v) is 4.19. The van der Waals surface area contributed by atoms with Crippen LogP contribution in [-0.2, 0) is 11.3 Å². The number of aryl methyl sites for hydroxylation is 1. The Morgan fingerprint density at radius 1 is 1.38 bits per heavy atom. The van der Waals surface area contributed by atoms with Crippen LogP contribution in [0.25, 0.3) is 0 Å². The smallest absolute Gasteiger partial charge is 0.347 e. The third-order valence-corrected chi connectivity index (χ3v) is 6.05. The molecule has 0 saturated carbocycles. The SMILES string of the molecule is Cc1nc(Nc2nc(NCC3CCCO3)cc(N(C)Cc3cccnc3)n2)sc1C(=O)O. The molecule has 0 bridgehead atoms. The van der Waals surface area contributed by atoms with E-state index in [1.165, 1.54) is 0 Å². The fourth-order valence-electron chi connectivity index (χ4n) is 3.39. The van der Waals surface area contributed by atoms with E-state index < -0.39 is 5.97 Å². The average molecular weight is 456 g/mol. The molecule has 3 aromatic heterocycles. The van der Waals surface area contributed by atoms with Crippen molar-refractivity contribution in [1.29, 1.82) is 0 Å². The summed E-state index contributed by atoms with van der Waals surface area (Å²) in [6.07, 6.45) is 5.81. The number of thiazole rings is 1. The van der Waals surface area contributed by atoms with E-state index in [4.69, 9.17) is 4.74 Å². The van der Waals surface area contributed by atoms with E-state index in [9.17, 15) is 9.90 Å². The molecule has 0 amide bonds. The summed E-state index contributed by atoms with van der Waals surface area (Å²) in [7, 11) is 1.94. The lowest BCUT2D eigenvalue weighted by molar-refractivity contribution is 0.0701. The molecule has 1 unspecified atom stereocenters. The van der Waals surface area contributed by atoms with Crippen molar-refractivity contribution in [1.82, 2.24) is 19.9 Å². The van der Waals surface area contributed by atoms with Crippen molar-refractivity contribution in [3.8, 4) is 0 Å². The first-order valence-electron chi connectivity index (χ1n) is 10.3. The summed E-state index contributed by atoms with van der Waals surface area (Å²) in [4.78, 5) is 31.2. The number of nitrogens with one attached hydrogen (secondary N) is 2. The first-order chi connectivity index (χ1) is 15.5. The van der Waals surface area contributed by atoms with Crippen LogP contribution < -0.4 is 15.5 Å². The predicted molar refractivity (Wildman–Crippen MR) is 123 cm³/mol. The zero-order valence-corrected chi connectivity index (χ0v) is 18.7. The number of hydrogen-bond acceptors (Lipinski definition) is 10. The average Bonchev–Trinajstić information content (AvgIpc) is 3.42. The molecule has 1 atom stereocenters. The Kier molecular flexibility index (Phi) is 6.76. The lowest BCUT2D eigenvalue weighted by Gasteiger charge is -2.20. The van der Waals surface area contributed by atoms with E-state index in [1.807, 2.05) is 36.3 Å². The molecule has 11 heteroatoms. The second-order valence-corrected chi connectivity index (χ2v) is 8.53. The highest BCUT2D eigenvalue weighted by Crippen LogP contribution is 2.27. The first-order valence-corrected chi connectivity index (χ1v) is 11.1. The van der Waals surface area contributed by atoms with E-state index in [2.05, 4.69) is 30.6 Å². The molecule has 168 valence electrons. The van der Waals surface area contributed by atoms with Gasteiger partial charge in [0, 0.05) is 45.2 Å². The standard InChI is InChI=1S/C21H25N7O3S/c1-13-18(19(29)30)32-21(24-13)27-20-25-16(23-11-15-6-4-8-31-15)9-17(26-20)28(2)12-14-5-3-7-22-10-14/h3,5,7,9-10,15H,4,6,8,11-12H2,1-2H3,(H,29,30)(H2,23,24,25,26,27). The van der Waals surface area contributed by atoms with Gasteiger partial charge in [-0.2, -0.15) is 9.97 Å². The van der Waals surface area contributed by atoms with Crippen LogP contribution in [0.1, 0.15) is 33.8 Å². The molecule has 0 radical (unpaired) electrons. The number of carbonyl (C=O) groups is 1. The molecule has 1 fully saturated rings. The van der Waals surface area contributed by atoms with Crippen LogP contribution in [0.15, 0.2) is 30.6 Å². The van der Waals surface area contributed by atoms with Crippen LogP contribution in [0.5, 0.6) is 0 Å². The Hall–Kier alpha value is -3.31. The number of carboxylic acids is 1. The molecular weight excluding hydrogens is 430 g/mol. The van der Waals surface area contributed by atoms with Gasteiger partial charge in [-0.25, -0.2) is 9.78 Å². The molecule has 4 rings (SSSR count). The second-order valence-electron chi connectivity index (χ2n) is 7.53. The lowest BCUT2D eigenvalue weighted by Crippen LogP contribution is -2.21. The van der Waals surface area contributed by atoms with E-state index in [1.54, 1.807) is 13.1 Å². The Labute approximate surface area is 189 Å². The van der Waals surface area contributed by atoms with Crippen molar-refractivity contribution < 1.29 is 14.6 Å². The maximum atomic E-state index is 11.3. The number of rotatable bonds is 9. The molecule has 1 aliphatic heterocycles. The van der Waals surface area contributed by atoms with E-state index in [-0.39, 0.29) is 11.0 Å². The molecule has 1 saturated heterocycles. The van der Waals surface area contributed by atoms with Gasteiger partial charge in [-0.3, -0.25) is 10.3 Å². The van der Waals surface area contributed by atoms with Crippen molar-refractivity contribution in [2.75, 3.05) is 35.7 Å². The molecule has 3 N–H and O–H groups in total. The zero-order chi connectivity index (χ0) is 22.5. The van der Waals surface area contributed by atoms with Crippen LogP contribution in [0, 0.1) is 6.92 Å². The number of aromatic carboxylic acids is 1. The van der Waals surface area contributed by atoms with Gasteiger partial charge < -0.3 is 20.1 Å². The monoisotopic (exact) mass is 455 g/mol. The van der Waals surface area contributed by atoms with Crippen molar-refractivity contribution >= 4 is 40.0 Å². The largest absolute Gasteiger partial charge is 0.477 e. The van der Waals surface area contributed by atoms with Gasteiger partial charge >= 0.3 is 5.97 Å². The number of carboxylic acid groups (broad SMARTS) is 1. The second kappa shape index (κ2) is 9.88.